The zero-order valence-electron chi connectivity index (χ0n) is 16.4. The predicted molar refractivity (Wildman–Crippen MR) is 112 cm³/mol. The molecule has 0 spiro atoms. The molecule has 0 bridgehead atoms. The summed E-state index contributed by atoms with van der Waals surface area (Å²) in [4.78, 5) is 26.7. The maximum Gasteiger partial charge on any atom is 0.226 e. The number of piperidine rings is 1. The molecule has 3 rings (SSSR count). The molecule has 2 unspecified atom stereocenters. The molecule has 0 saturated carbocycles. The quantitative estimate of drug-likeness (QED) is 0.690. The number of hydrogen-bond donors (Lipinski definition) is 2. The summed E-state index contributed by atoms with van der Waals surface area (Å²) in [6.07, 6.45) is 4.33. The van der Waals surface area contributed by atoms with E-state index >= 15 is 0 Å². The average molecular weight is 410 g/mol. The molecule has 0 radical (unpaired) electrons. The van der Waals surface area contributed by atoms with Gasteiger partial charge in [0.2, 0.25) is 11.8 Å². The van der Waals surface area contributed by atoms with E-state index < -0.39 is 0 Å². The standard InChI is InChI=1S/C21H31N3O3.ClH/c25-20(10-14-27-19-6-2-1-3-7-19)24-13-4-5-18(16-24)21(26)23-12-9-17-8-11-22-15-17;/h1-3,6-7,17-18,22H,4-5,8-16H2,(H,23,26);1H. The van der Waals surface area contributed by atoms with Gasteiger partial charge in [-0.3, -0.25) is 9.59 Å². The van der Waals surface area contributed by atoms with Gasteiger partial charge in [0.15, 0.2) is 0 Å². The van der Waals surface area contributed by atoms with Crippen LogP contribution in [-0.4, -0.2) is 56.0 Å². The highest BCUT2D eigenvalue weighted by atomic mass is 35.5. The Morgan fingerprint density at radius 2 is 2.04 bits per heavy atom. The van der Waals surface area contributed by atoms with Gasteiger partial charge in [0.25, 0.3) is 0 Å². The number of halogens is 1. The number of carbonyl (C=O) groups excluding carboxylic acids is 2. The highest BCUT2D eigenvalue weighted by molar-refractivity contribution is 5.85. The molecule has 0 aromatic heterocycles. The molecule has 156 valence electrons. The Balaban J connectivity index is 0.00000280. The van der Waals surface area contributed by atoms with Crippen LogP contribution in [0.25, 0.3) is 0 Å². The molecular formula is C21H32ClN3O3. The van der Waals surface area contributed by atoms with Crippen LogP contribution in [0.4, 0.5) is 0 Å². The van der Waals surface area contributed by atoms with E-state index in [1.54, 1.807) is 0 Å². The second-order valence-corrected chi connectivity index (χ2v) is 7.53. The van der Waals surface area contributed by atoms with Gasteiger partial charge in [-0.15, -0.1) is 12.4 Å². The second kappa shape index (κ2) is 11.9. The Morgan fingerprint density at radius 1 is 1.21 bits per heavy atom. The van der Waals surface area contributed by atoms with E-state index in [1.165, 1.54) is 6.42 Å². The van der Waals surface area contributed by atoms with Crippen LogP contribution in [-0.2, 0) is 9.59 Å². The van der Waals surface area contributed by atoms with Crippen LogP contribution in [0.1, 0.15) is 32.1 Å². The Labute approximate surface area is 173 Å². The summed E-state index contributed by atoms with van der Waals surface area (Å²) >= 11 is 0. The van der Waals surface area contributed by atoms with Crippen molar-refractivity contribution in [3.63, 3.8) is 0 Å². The van der Waals surface area contributed by atoms with Crippen molar-refractivity contribution >= 4 is 24.2 Å². The summed E-state index contributed by atoms with van der Waals surface area (Å²) in [5, 5.41) is 6.43. The molecule has 2 aliphatic heterocycles. The van der Waals surface area contributed by atoms with Crippen molar-refractivity contribution in [1.82, 2.24) is 15.5 Å². The van der Waals surface area contributed by atoms with Crippen molar-refractivity contribution in [2.24, 2.45) is 11.8 Å². The zero-order valence-corrected chi connectivity index (χ0v) is 17.2. The number of hydrogen-bond acceptors (Lipinski definition) is 4. The number of ether oxygens (including phenoxy) is 1. The number of carbonyl (C=O) groups is 2. The van der Waals surface area contributed by atoms with E-state index in [9.17, 15) is 9.59 Å². The normalized spacial score (nSPS) is 21.6. The Hall–Kier alpha value is -1.79. The molecule has 0 aliphatic carbocycles. The van der Waals surface area contributed by atoms with Crippen LogP contribution in [0.2, 0.25) is 0 Å². The molecule has 2 N–H and O–H groups in total. The first-order valence-electron chi connectivity index (χ1n) is 10.2. The van der Waals surface area contributed by atoms with Gasteiger partial charge in [0, 0.05) is 19.6 Å². The lowest BCUT2D eigenvalue weighted by Gasteiger charge is -2.32. The lowest BCUT2D eigenvalue weighted by molar-refractivity contribution is -0.136. The van der Waals surface area contributed by atoms with E-state index in [2.05, 4.69) is 10.6 Å². The van der Waals surface area contributed by atoms with Gasteiger partial charge in [-0.2, -0.15) is 0 Å². The first-order chi connectivity index (χ1) is 13.2. The van der Waals surface area contributed by atoms with Crippen LogP contribution in [0, 0.1) is 11.8 Å². The van der Waals surface area contributed by atoms with Gasteiger partial charge in [0.1, 0.15) is 5.75 Å². The van der Waals surface area contributed by atoms with E-state index in [4.69, 9.17) is 4.74 Å². The molecule has 28 heavy (non-hydrogen) atoms. The lowest BCUT2D eigenvalue weighted by Crippen LogP contribution is -2.46. The number of nitrogens with zero attached hydrogens (tertiary/aromatic N) is 1. The molecule has 2 atom stereocenters. The number of nitrogens with one attached hydrogen (secondary N) is 2. The molecule has 2 aliphatic rings. The SMILES string of the molecule is Cl.O=C(NCCC1CCNC1)C1CCCN(C(=O)CCOc2ccccc2)C1. The van der Waals surface area contributed by atoms with Crippen molar-refractivity contribution in [3.8, 4) is 5.75 Å². The van der Waals surface area contributed by atoms with E-state index in [0.29, 0.717) is 25.5 Å². The number of benzene rings is 1. The van der Waals surface area contributed by atoms with Crippen molar-refractivity contribution < 1.29 is 14.3 Å². The Kier molecular flexibility index (Phi) is 9.58. The fourth-order valence-corrected chi connectivity index (χ4v) is 3.85. The second-order valence-electron chi connectivity index (χ2n) is 7.53. The summed E-state index contributed by atoms with van der Waals surface area (Å²) in [6.45, 7) is 4.52. The van der Waals surface area contributed by atoms with Gasteiger partial charge in [-0.1, -0.05) is 18.2 Å². The van der Waals surface area contributed by atoms with Crippen molar-refractivity contribution in [2.75, 3.05) is 39.3 Å². The van der Waals surface area contributed by atoms with Crippen molar-refractivity contribution in [3.05, 3.63) is 30.3 Å². The number of rotatable bonds is 8. The molecule has 2 amide bonds. The first kappa shape index (κ1) is 22.5. The molecule has 2 heterocycles. The van der Waals surface area contributed by atoms with Crippen LogP contribution < -0.4 is 15.4 Å². The smallest absolute Gasteiger partial charge is 0.226 e. The summed E-state index contributed by atoms with van der Waals surface area (Å²) < 4.78 is 5.61. The zero-order chi connectivity index (χ0) is 18.9. The van der Waals surface area contributed by atoms with E-state index in [-0.39, 0.29) is 30.1 Å². The summed E-state index contributed by atoms with van der Waals surface area (Å²) in [7, 11) is 0. The molecule has 7 heteroatoms. The summed E-state index contributed by atoms with van der Waals surface area (Å²) in [5.41, 5.74) is 0. The highest BCUT2D eigenvalue weighted by Crippen LogP contribution is 2.18. The molecular weight excluding hydrogens is 378 g/mol. The summed E-state index contributed by atoms with van der Waals surface area (Å²) in [5.74, 6) is 1.54. The Bertz CT molecular complexity index is 608. The fourth-order valence-electron chi connectivity index (χ4n) is 3.85. The van der Waals surface area contributed by atoms with Crippen LogP contribution in [0.5, 0.6) is 5.75 Å². The monoisotopic (exact) mass is 409 g/mol. The molecule has 1 aromatic rings. The van der Waals surface area contributed by atoms with Crippen molar-refractivity contribution in [2.45, 2.75) is 32.1 Å². The summed E-state index contributed by atoms with van der Waals surface area (Å²) in [6, 6.07) is 9.52. The fraction of sp³-hybridized carbons (Fsp3) is 0.619. The lowest BCUT2D eigenvalue weighted by atomic mass is 9.96. The van der Waals surface area contributed by atoms with Gasteiger partial charge >= 0.3 is 0 Å². The largest absolute Gasteiger partial charge is 0.493 e. The molecule has 1 aromatic carbocycles. The predicted octanol–water partition coefficient (Wildman–Crippen LogP) is 2.23. The molecule has 2 saturated heterocycles. The maximum absolute atomic E-state index is 12.5. The van der Waals surface area contributed by atoms with Gasteiger partial charge in [-0.05, 0) is 56.8 Å². The topological polar surface area (TPSA) is 70.7 Å². The number of para-hydroxylation sites is 1. The highest BCUT2D eigenvalue weighted by Gasteiger charge is 2.28. The third-order valence-electron chi connectivity index (χ3n) is 5.49. The van der Waals surface area contributed by atoms with E-state index in [1.807, 2.05) is 35.2 Å². The molecule has 2 fully saturated rings. The minimum Gasteiger partial charge on any atom is -0.493 e. The Morgan fingerprint density at radius 3 is 2.79 bits per heavy atom. The van der Waals surface area contributed by atoms with Crippen LogP contribution in [0.3, 0.4) is 0 Å². The number of amides is 2. The maximum atomic E-state index is 12.5. The van der Waals surface area contributed by atoms with Crippen molar-refractivity contribution in [1.29, 1.82) is 0 Å². The van der Waals surface area contributed by atoms with Crippen LogP contribution in [0.15, 0.2) is 30.3 Å². The van der Waals surface area contributed by atoms with Crippen LogP contribution >= 0.6 is 12.4 Å². The van der Waals surface area contributed by atoms with E-state index in [0.717, 1.165) is 51.2 Å². The minimum atomic E-state index is -0.0838. The minimum absolute atomic E-state index is 0. The first-order valence-corrected chi connectivity index (χ1v) is 10.2. The van der Waals surface area contributed by atoms with Gasteiger partial charge in [-0.25, -0.2) is 0 Å². The average Bonchev–Trinajstić information content (AvgIpc) is 3.22. The molecule has 6 nitrogen and oxygen atoms in total. The van der Waals surface area contributed by atoms with Gasteiger partial charge < -0.3 is 20.3 Å². The third-order valence-corrected chi connectivity index (χ3v) is 5.49. The van der Waals surface area contributed by atoms with Gasteiger partial charge in [0.05, 0.1) is 18.9 Å². The third kappa shape index (κ3) is 6.99. The number of likely N-dealkylation sites (tertiary alicyclic amines) is 1.